The van der Waals surface area contributed by atoms with E-state index >= 15 is 0 Å². The van der Waals surface area contributed by atoms with Crippen molar-refractivity contribution in [1.82, 2.24) is 4.98 Å². The average Bonchev–Trinajstić information content (AvgIpc) is 2.17. The molecule has 0 aliphatic carbocycles. The van der Waals surface area contributed by atoms with Crippen molar-refractivity contribution in [2.45, 2.75) is 6.92 Å². The predicted octanol–water partition coefficient (Wildman–Crippen LogP) is 3.43. The first-order valence-corrected chi connectivity index (χ1v) is 4.86. The molecular weight excluding hydrogens is 219 g/mol. The average molecular weight is 227 g/mol. The largest absolute Gasteiger partial charge is 0.397 e. The lowest BCUT2D eigenvalue weighted by molar-refractivity contribution is 1.26. The molecule has 0 saturated heterocycles. The van der Waals surface area contributed by atoms with E-state index in [1.54, 1.807) is 6.07 Å². The summed E-state index contributed by atoms with van der Waals surface area (Å²) in [7, 11) is 0. The van der Waals surface area contributed by atoms with Gasteiger partial charge in [-0.05, 0) is 13.0 Å². The Labute approximate surface area is 91.6 Å². The van der Waals surface area contributed by atoms with Crippen LogP contribution in [0, 0.1) is 6.92 Å². The quantitative estimate of drug-likeness (QED) is 0.748. The minimum Gasteiger partial charge on any atom is -0.397 e. The maximum absolute atomic E-state index is 5.99. The van der Waals surface area contributed by atoms with Crippen LogP contribution in [0.3, 0.4) is 0 Å². The van der Waals surface area contributed by atoms with Crippen molar-refractivity contribution in [3.8, 4) is 0 Å². The molecule has 0 aliphatic heterocycles. The SMILES string of the molecule is Cc1nc2c(Cl)cccc2c(N)c1Cl. The fraction of sp³-hybridized carbons (Fsp3) is 0.100. The molecule has 0 bridgehead atoms. The van der Waals surface area contributed by atoms with E-state index in [0.29, 0.717) is 26.9 Å². The summed E-state index contributed by atoms with van der Waals surface area (Å²) >= 11 is 12.0. The van der Waals surface area contributed by atoms with Crippen molar-refractivity contribution in [3.05, 3.63) is 33.9 Å². The van der Waals surface area contributed by atoms with Crippen molar-refractivity contribution < 1.29 is 0 Å². The second-order valence-electron chi connectivity index (χ2n) is 3.06. The molecule has 2 nitrogen and oxygen atoms in total. The second kappa shape index (κ2) is 3.30. The molecule has 2 aromatic rings. The van der Waals surface area contributed by atoms with Crippen molar-refractivity contribution in [1.29, 1.82) is 0 Å². The number of aryl methyl sites for hydroxylation is 1. The molecule has 2 N–H and O–H groups in total. The van der Waals surface area contributed by atoms with Gasteiger partial charge < -0.3 is 5.73 Å². The van der Waals surface area contributed by atoms with Gasteiger partial charge in [-0.2, -0.15) is 0 Å². The predicted molar refractivity (Wildman–Crippen MR) is 60.9 cm³/mol. The number of pyridine rings is 1. The highest BCUT2D eigenvalue weighted by molar-refractivity contribution is 6.38. The van der Waals surface area contributed by atoms with E-state index < -0.39 is 0 Å². The summed E-state index contributed by atoms with van der Waals surface area (Å²) in [5.41, 5.74) is 7.80. The number of halogens is 2. The number of nitrogen functional groups attached to an aromatic ring is 1. The van der Waals surface area contributed by atoms with E-state index in [-0.39, 0.29) is 0 Å². The summed E-state index contributed by atoms with van der Waals surface area (Å²) in [5.74, 6) is 0. The number of hydrogen-bond donors (Lipinski definition) is 1. The number of rotatable bonds is 0. The topological polar surface area (TPSA) is 38.9 Å². The standard InChI is InChI=1S/C10H8Cl2N2/c1-5-8(12)9(13)6-3-2-4-7(11)10(6)14-5/h2-4H,1H3,(H2,13,14). The lowest BCUT2D eigenvalue weighted by Crippen LogP contribution is -1.94. The fourth-order valence-corrected chi connectivity index (χ4v) is 1.74. The summed E-state index contributed by atoms with van der Waals surface area (Å²) in [6.45, 7) is 1.81. The zero-order chi connectivity index (χ0) is 10.3. The molecule has 1 heterocycles. The highest BCUT2D eigenvalue weighted by Crippen LogP contribution is 2.32. The van der Waals surface area contributed by atoms with E-state index in [1.165, 1.54) is 0 Å². The molecule has 0 atom stereocenters. The number of nitrogens with two attached hydrogens (primary N) is 1. The van der Waals surface area contributed by atoms with Gasteiger partial charge in [-0.25, -0.2) is 4.98 Å². The molecule has 0 saturated carbocycles. The number of benzene rings is 1. The van der Waals surface area contributed by atoms with Crippen LogP contribution in [-0.2, 0) is 0 Å². The van der Waals surface area contributed by atoms with Gasteiger partial charge in [0, 0.05) is 5.39 Å². The number of hydrogen-bond acceptors (Lipinski definition) is 2. The van der Waals surface area contributed by atoms with Crippen LogP contribution in [0.5, 0.6) is 0 Å². The van der Waals surface area contributed by atoms with Crippen molar-refractivity contribution >= 4 is 39.8 Å². The van der Waals surface area contributed by atoms with Crippen LogP contribution >= 0.6 is 23.2 Å². The normalized spacial score (nSPS) is 10.8. The van der Waals surface area contributed by atoms with E-state index in [0.717, 1.165) is 5.39 Å². The molecular formula is C10H8Cl2N2. The smallest absolute Gasteiger partial charge is 0.0913 e. The molecule has 4 heteroatoms. The minimum atomic E-state index is 0.500. The maximum atomic E-state index is 5.99. The minimum absolute atomic E-state index is 0.500. The first kappa shape index (κ1) is 9.56. The Morgan fingerprint density at radius 1 is 1.29 bits per heavy atom. The van der Waals surface area contributed by atoms with Crippen molar-refractivity contribution in [3.63, 3.8) is 0 Å². The molecule has 0 fully saturated rings. The van der Waals surface area contributed by atoms with Crippen LogP contribution in [0.1, 0.15) is 5.69 Å². The van der Waals surface area contributed by atoms with Gasteiger partial charge in [-0.15, -0.1) is 0 Å². The van der Waals surface area contributed by atoms with Crippen LogP contribution in [0.25, 0.3) is 10.9 Å². The zero-order valence-corrected chi connectivity index (χ0v) is 9.02. The van der Waals surface area contributed by atoms with Gasteiger partial charge in [0.2, 0.25) is 0 Å². The van der Waals surface area contributed by atoms with Crippen LogP contribution in [0.4, 0.5) is 5.69 Å². The summed E-state index contributed by atoms with van der Waals surface area (Å²) in [6.07, 6.45) is 0. The van der Waals surface area contributed by atoms with Gasteiger partial charge in [0.25, 0.3) is 0 Å². The van der Waals surface area contributed by atoms with Gasteiger partial charge in [0.15, 0.2) is 0 Å². The molecule has 0 unspecified atom stereocenters. The lowest BCUT2D eigenvalue weighted by Gasteiger charge is -2.07. The Bertz CT molecular complexity index is 509. The first-order valence-electron chi connectivity index (χ1n) is 4.11. The Balaban J connectivity index is 2.98. The zero-order valence-electron chi connectivity index (χ0n) is 7.51. The van der Waals surface area contributed by atoms with Crippen molar-refractivity contribution in [2.24, 2.45) is 0 Å². The summed E-state index contributed by atoms with van der Waals surface area (Å²) < 4.78 is 0. The lowest BCUT2D eigenvalue weighted by atomic mass is 10.1. The molecule has 0 spiro atoms. The van der Waals surface area contributed by atoms with Crippen LogP contribution in [0.15, 0.2) is 18.2 Å². The van der Waals surface area contributed by atoms with Crippen LogP contribution < -0.4 is 5.73 Å². The van der Waals surface area contributed by atoms with Gasteiger partial charge in [0.1, 0.15) is 0 Å². The summed E-state index contributed by atoms with van der Waals surface area (Å²) in [5, 5.41) is 1.89. The van der Waals surface area contributed by atoms with Gasteiger partial charge in [0.05, 0.1) is 26.9 Å². The third-order valence-corrected chi connectivity index (χ3v) is 2.89. The number of fused-ring (bicyclic) bond motifs is 1. The highest BCUT2D eigenvalue weighted by Gasteiger charge is 2.09. The van der Waals surface area contributed by atoms with E-state index in [1.807, 2.05) is 19.1 Å². The molecule has 0 aliphatic rings. The Morgan fingerprint density at radius 2 is 2.00 bits per heavy atom. The molecule has 72 valence electrons. The molecule has 1 aromatic carbocycles. The van der Waals surface area contributed by atoms with E-state index in [2.05, 4.69) is 4.98 Å². The molecule has 0 radical (unpaired) electrons. The summed E-state index contributed by atoms with van der Waals surface area (Å²) in [6, 6.07) is 5.47. The second-order valence-corrected chi connectivity index (χ2v) is 3.85. The fourth-order valence-electron chi connectivity index (χ4n) is 1.38. The monoisotopic (exact) mass is 226 g/mol. The first-order chi connectivity index (χ1) is 6.61. The molecule has 2 rings (SSSR count). The molecule has 14 heavy (non-hydrogen) atoms. The number of aromatic nitrogens is 1. The summed E-state index contributed by atoms with van der Waals surface area (Å²) in [4.78, 5) is 4.29. The maximum Gasteiger partial charge on any atom is 0.0913 e. The highest BCUT2D eigenvalue weighted by atomic mass is 35.5. The molecule has 0 amide bonds. The number of anilines is 1. The third kappa shape index (κ3) is 1.31. The Kier molecular flexibility index (Phi) is 2.25. The van der Waals surface area contributed by atoms with Gasteiger partial charge in [-0.3, -0.25) is 0 Å². The molecule has 1 aromatic heterocycles. The van der Waals surface area contributed by atoms with E-state index in [4.69, 9.17) is 28.9 Å². The number of para-hydroxylation sites is 1. The Morgan fingerprint density at radius 3 is 2.71 bits per heavy atom. The van der Waals surface area contributed by atoms with E-state index in [9.17, 15) is 0 Å². The third-order valence-electron chi connectivity index (χ3n) is 2.11. The Hall–Kier alpha value is -0.990. The van der Waals surface area contributed by atoms with Crippen molar-refractivity contribution in [2.75, 3.05) is 5.73 Å². The van der Waals surface area contributed by atoms with Gasteiger partial charge >= 0.3 is 0 Å². The van der Waals surface area contributed by atoms with Crippen LogP contribution in [-0.4, -0.2) is 4.98 Å². The van der Waals surface area contributed by atoms with Gasteiger partial charge in [-0.1, -0.05) is 35.3 Å². The van der Waals surface area contributed by atoms with Crippen LogP contribution in [0.2, 0.25) is 10.0 Å². The number of nitrogens with zero attached hydrogens (tertiary/aromatic N) is 1.